The van der Waals surface area contributed by atoms with Gasteiger partial charge in [0.1, 0.15) is 11.6 Å². The Morgan fingerprint density at radius 2 is 2.04 bits per heavy atom. The van der Waals surface area contributed by atoms with Gasteiger partial charge in [-0.15, -0.1) is 0 Å². The number of carbonyl (C=O) groups is 1. The standard InChI is InChI=1S/C19H20F2N2O/c1-2-23-10-9-13-3-6-16(12-18(13)23)22-19(24)8-4-14-11-15(20)5-7-17(14)21/h3,5-7,11-12H,2,4,8-10H2,1H3,(H,22,24). The lowest BCUT2D eigenvalue weighted by atomic mass is 10.1. The third-order valence-corrected chi connectivity index (χ3v) is 4.37. The molecule has 2 aromatic rings. The first-order valence-electron chi connectivity index (χ1n) is 8.18. The first kappa shape index (κ1) is 16.4. The molecule has 0 radical (unpaired) electrons. The Balaban J connectivity index is 1.62. The molecule has 1 N–H and O–H groups in total. The number of nitrogens with zero attached hydrogens (tertiary/aromatic N) is 1. The van der Waals surface area contributed by atoms with Crippen LogP contribution in [0.5, 0.6) is 0 Å². The number of nitrogens with one attached hydrogen (secondary N) is 1. The van der Waals surface area contributed by atoms with Crippen LogP contribution in [0.2, 0.25) is 0 Å². The van der Waals surface area contributed by atoms with E-state index in [2.05, 4.69) is 17.1 Å². The molecule has 0 bridgehead atoms. The molecule has 3 nitrogen and oxygen atoms in total. The third-order valence-electron chi connectivity index (χ3n) is 4.37. The number of aryl methyl sites for hydroxylation is 1. The molecule has 0 unspecified atom stereocenters. The summed E-state index contributed by atoms with van der Waals surface area (Å²) < 4.78 is 26.7. The van der Waals surface area contributed by atoms with Crippen LogP contribution in [0.4, 0.5) is 20.2 Å². The molecule has 5 heteroatoms. The van der Waals surface area contributed by atoms with E-state index in [0.717, 1.165) is 49.1 Å². The van der Waals surface area contributed by atoms with Crippen molar-refractivity contribution in [2.75, 3.05) is 23.3 Å². The maximum absolute atomic E-state index is 13.6. The van der Waals surface area contributed by atoms with Gasteiger partial charge >= 0.3 is 0 Å². The molecule has 0 aliphatic carbocycles. The summed E-state index contributed by atoms with van der Waals surface area (Å²) >= 11 is 0. The SMILES string of the molecule is CCN1CCc2ccc(NC(=O)CCc3cc(F)ccc3F)cc21. The molecule has 3 rings (SSSR count). The number of fused-ring (bicyclic) bond motifs is 1. The van der Waals surface area contributed by atoms with Crippen LogP contribution in [0, 0.1) is 11.6 Å². The van der Waals surface area contributed by atoms with Crippen molar-refractivity contribution in [2.24, 2.45) is 0 Å². The number of hydrogen-bond donors (Lipinski definition) is 1. The van der Waals surface area contributed by atoms with Gasteiger partial charge in [0.05, 0.1) is 0 Å². The molecule has 1 aliphatic rings. The molecule has 1 amide bonds. The Bertz CT molecular complexity index is 761. The summed E-state index contributed by atoms with van der Waals surface area (Å²) in [6.07, 6.45) is 1.30. The first-order chi connectivity index (χ1) is 11.6. The van der Waals surface area contributed by atoms with Crippen LogP contribution in [-0.2, 0) is 17.6 Å². The second kappa shape index (κ2) is 6.99. The van der Waals surface area contributed by atoms with Crippen LogP contribution in [0.3, 0.4) is 0 Å². The molecule has 0 saturated carbocycles. The molecule has 0 fully saturated rings. The van der Waals surface area contributed by atoms with Crippen molar-refractivity contribution in [2.45, 2.75) is 26.2 Å². The Morgan fingerprint density at radius 1 is 1.21 bits per heavy atom. The summed E-state index contributed by atoms with van der Waals surface area (Å²) in [5.41, 5.74) is 3.40. The van der Waals surface area contributed by atoms with Crippen LogP contribution >= 0.6 is 0 Å². The summed E-state index contributed by atoms with van der Waals surface area (Å²) in [6, 6.07) is 9.19. The third kappa shape index (κ3) is 3.55. The van der Waals surface area contributed by atoms with Gasteiger partial charge < -0.3 is 10.2 Å². The fourth-order valence-corrected chi connectivity index (χ4v) is 3.06. The van der Waals surface area contributed by atoms with E-state index in [-0.39, 0.29) is 24.3 Å². The van der Waals surface area contributed by atoms with Gasteiger partial charge in [0, 0.05) is 30.9 Å². The molecule has 0 aromatic heterocycles. The van der Waals surface area contributed by atoms with E-state index < -0.39 is 11.6 Å². The lowest BCUT2D eigenvalue weighted by Crippen LogP contribution is -2.19. The fraction of sp³-hybridized carbons (Fsp3) is 0.316. The summed E-state index contributed by atoms with van der Waals surface area (Å²) in [4.78, 5) is 14.4. The number of amides is 1. The van der Waals surface area contributed by atoms with E-state index in [9.17, 15) is 13.6 Å². The summed E-state index contributed by atoms with van der Waals surface area (Å²) in [5, 5.41) is 2.84. The second-order valence-corrected chi connectivity index (χ2v) is 5.96. The minimum atomic E-state index is -0.495. The van der Waals surface area contributed by atoms with Crippen LogP contribution in [0.1, 0.15) is 24.5 Å². The van der Waals surface area contributed by atoms with Crippen molar-refractivity contribution in [3.05, 3.63) is 59.2 Å². The van der Waals surface area contributed by atoms with Crippen molar-refractivity contribution in [1.29, 1.82) is 0 Å². The smallest absolute Gasteiger partial charge is 0.224 e. The highest BCUT2D eigenvalue weighted by Gasteiger charge is 2.18. The maximum Gasteiger partial charge on any atom is 0.224 e. The van der Waals surface area contributed by atoms with E-state index in [4.69, 9.17) is 0 Å². The van der Waals surface area contributed by atoms with Crippen LogP contribution in [-0.4, -0.2) is 19.0 Å². The van der Waals surface area contributed by atoms with Crippen LogP contribution in [0.25, 0.3) is 0 Å². The summed E-state index contributed by atoms with van der Waals surface area (Å²) in [7, 11) is 0. The predicted molar refractivity (Wildman–Crippen MR) is 91.3 cm³/mol. The maximum atomic E-state index is 13.6. The van der Waals surface area contributed by atoms with Gasteiger partial charge in [-0.25, -0.2) is 8.78 Å². The zero-order chi connectivity index (χ0) is 17.1. The Morgan fingerprint density at radius 3 is 2.83 bits per heavy atom. The highest BCUT2D eigenvalue weighted by molar-refractivity contribution is 5.91. The number of anilines is 2. The van der Waals surface area contributed by atoms with E-state index in [1.165, 1.54) is 5.56 Å². The second-order valence-electron chi connectivity index (χ2n) is 5.96. The number of likely N-dealkylation sites (N-methyl/N-ethyl adjacent to an activating group) is 1. The van der Waals surface area contributed by atoms with Crippen LogP contribution < -0.4 is 10.2 Å². The Labute approximate surface area is 140 Å². The molecule has 2 aromatic carbocycles. The number of rotatable bonds is 5. The van der Waals surface area contributed by atoms with Gasteiger partial charge in [-0.2, -0.15) is 0 Å². The summed E-state index contributed by atoms with van der Waals surface area (Å²) in [5.74, 6) is -1.19. The average molecular weight is 330 g/mol. The molecule has 126 valence electrons. The van der Waals surface area contributed by atoms with E-state index in [0.29, 0.717) is 0 Å². The van der Waals surface area contributed by atoms with Gasteiger partial charge in [-0.1, -0.05) is 6.07 Å². The van der Waals surface area contributed by atoms with Crippen molar-refractivity contribution >= 4 is 17.3 Å². The average Bonchev–Trinajstić information content (AvgIpc) is 2.98. The zero-order valence-corrected chi connectivity index (χ0v) is 13.6. The topological polar surface area (TPSA) is 32.3 Å². The van der Waals surface area contributed by atoms with E-state index in [1.54, 1.807) is 0 Å². The van der Waals surface area contributed by atoms with Gasteiger partial charge in [0.2, 0.25) is 5.91 Å². The number of hydrogen-bond acceptors (Lipinski definition) is 2. The van der Waals surface area contributed by atoms with Gasteiger partial charge in [0.15, 0.2) is 0 Å². The van der Waals surface area contributed by atoms with Crippen molar-refractivity contribution < 1.29 is 13.6 Å². The normalized spacial score (nSPS) is 13.0. The van der Waals surface area contributed by atoms with Crippen molar-refractivity contribution in [3.63, 3.8) is 0 Å². The lowest BCUT2D eigenvalue weighted by molar-refractivity contribution is -0.116. The molecule has 1 heterocycles. The van der Waals surface area contributed by atoms with E-state index >= 15 is 0 Å². The minimum Gasteiger partial charge on any atom is -0.371 e. The van der Waals surface area contributed by atoms with E-state index in [1.807, 2.05) is 18.2 Å². The zero-order valence-electron chi connectivity index (χ0n) is 13.6. The quantitative estimate of drug-likeness (QED) is 0.901. The van der Waals surface area contributed by atoms with Gasteiger partial charge in [-0.3, -0.25) is 4.79 Å². The number of benzene rings is 2. The summed E-state index contributed by atoms with van der Waals surface area (Å²) in [6.45, 7) is 4.04. The largest absolute Gasteiger partial charge is 0.371 e. The number of carbonyl (C=O) groups excluding carboxylic acids is 1. The molecular formula is C19H20F2N2O. The Kier molecular flexibility index (Phi) is 4.79. The number of halogens is 2. The lowest BCUT2D eigenvalue weighted by Gasteiger charge is -2.17. The predicted octanol–water partition coefficient (Wildman–Crippen LogP) is 3.92. The van der Waals surface area contributed by atoms with Crippen molar-refractivity contribution in [3.8, 4) is 0 Å². The molecule has 24 heavy (non-hydrogen) atoms. The minimum absolute atomic E-state index is 0.106. The fourth-order valence-electron chi connectivity index (χ4n) is 3.06. The molecule has 0 spiro atoms. The molecule has 0 saturated heterocycles. The molecule has 1 aliphatic heterocycles. The van der Waals surface area contributed by atoms with Gasteiger partial charge in [0.25, 0.3) is 0 Å². The van der Waals surface area contributed by atoms with Crippen LogP contribution in [0.15, 0.2) is 36.4 Å². The van der Waals surface area contributed by atoms with Crippen molar-refractivity contribution in [1.82, 2.24) is 0 Å². The monoisotopic (exact) mass is 330 g/mol. The molecule has 0 atom stereocenters. The highest BCUT2D eigenvalue weighted by Crippen LogP contribution is 2.30. The van der Waals surface area contributed by atoms with Gasteiger partial charge in [-0.05, 0) is 61.2 Å². The first-order valence-corrected chi connectivity index (χ1v) is 8.18. The molecular weight excluding hydrogens is 310 g/mol. The highest BCUT2D eigenvalue weighted by atomic mass is 19.1. The Hall–Kier alpha value is -2.43.